The van der Waals surface area contributed by atoms with Gasteiger partial charge < -0.3 is 16.4 Å². The third-order valence-corrected chi connectivity index (χ3v) is 5.02. The summed E-state index contributed by atoms with van der Waals surface area (Å²) in [6.07, 6.45) is 7.00. The van der Waals surface area contributed by atoms with Gasteiger partial charge in [0.25, 0.3) is 5.91 Å². The van der Waals surface area contributed by atoms with Gasteiger partial charge in [-0.05, 0) is 43.6 Å². The van der Waals surface area contributed by atoms with Gasteiger partial charge in [-0.15, -0.1) is 17.9 Å². The maximum absolute atomic E-state index is 12.0. The van der Waals surface area contributed by atoms with E-state index in [-0.39, 0.29) is 5.91 Å². The second kappa shape index (κ2) is 5.48. The zero-order chi connectivity index (χ0) is 14.1. The Morgan fingerprint density at radius 3 is 2.65 bits per heavy atom. The summed E-state index contributed by atoms with van der Waals surface area (Å²) in [7, 11) is 0. The Balaban J connectivity index is 1.67. The van der Waals surface area contributed by atoms with Gasteiger partial charge in [-0.3, -0.25) is 4.79 Å². The summed E-state index contributed by atoms with van der Waals surface area (Å²) >= 11 is 1.45. The van der Waals surface area contributed by atoms with Crippen molar-refractivity contribution in [3.05, 3.63) is 23.6 Å². The molecule has 0 bridgehead atoms. The third-order valence-electron chi connectivity index (χ3n) is 3.94. The van der Waals surface area contributed by atoms with Crippen molar-refractivity contribution in [2.24, 2.45) is 11.8 Å². The van der Waals surface area contributed by atoms with Gasteiger partial charge in [0.15, 0.2) is 0 Å². The molecule has 2 aliphatic rings. The second-order valence-corrected chi connectivity index (χ2v) is 6.79. The molecular formula is C15H21N3OS. The topological polar surface area (TPSA) is 67.2 Å². The number of nitrogens with two attached hydrogens (primary N) is 1. The van der Waals surface area contributed by atoms with E-state index in [1.54, 1.807) is 6.08 Å². The lowest BCUT2D eigenvalue weighted by atomic mass is 10.1. The largest absolute Gasteiger partial charge is 0.397 e. The SMILES string of the molecule is C=CCNC(=O)c1sc(NC(C2CC2)C2CC2)cc1N. The molecule has 0 radical (unpaired) electrons. The molecule has 0 aliphatic heterocycles. The van der Waals surface area contributed by atoms with Crippen molar-refractivity contribution in [2.45, 2.75) is 31.7 Å². The van der Waals surface area contributed by atoms with Crippen LogP contribution in [0.2, 0.25) is 0 Å². The van der Waals surface area contributed by atoms with Crippen molar-refractivity contribution >= 4 is 27.9 Å². The van der Waals surface area contributed by atoms with Gasteiger partial charge in [-0.2, -0.15) is 0 Å². The second-order valence-electron chi connectivity index (χ2n) is 5.74. The van der Waals surface area contributed by atoms with Crippen molar-refractivity contribution in [1.29, 1.82) is 0 Å². The Morgan fingerprint density at radius 1 is 1.45 bits per heavy atom. The molecule has 4 nitrogen and oxygen atoms in total. The van der Waals surface area contributed by atoms with Crippen molar-refractivity contribution in [2.75, 3.05) is 17.6 Å². The first kappa shape index (κ1) is 13.5. The molecule has 20 heavy (non-hydrogen) atoms. The summed E-state index contributed by atoms with van der Waals surface area (Å²) in [4.78, 5) is 12.6. The van der Waals surface area contributed by atoms with Crippen LogP contribution in [-0.4, -0.2) is 18.5 Å². The summed E-state index contributed by atoms with van der Waals surface area (Å²) < 4.78 is 0. The van der Waals surface area contributed by atoms with Crippen LogP contribution in [0.1, 0.15) is 35.4 Å². The first-order chi connectivity index (χ1) is 9.69. The van der Waals surface area contributed by atoms with Crippen molar-refractivity contribution in [3.8, 4) is 0 Å². The number of nitrogen functional groups attached to an aromatic ring is 1. The Morgan fingerprint density at radius 2 is 2.10 bits per heavy atom. The van der Waals surface area contributed by atoms with Crippen LogP contribution in [-0.2, 0) is 0 Å². The van der Waals surface area contributed by atoms with Crippen molar-refractivity contribution < 1.29 is 4.79 Å². The fraction of sp³-hybridized carbons (Fsp3) is 0.533. The van der Waals surface area contributed by atoms with E-state index in [0.29, 0.717) is 23.2 Å². The Hall–Kier alpha value is -1.49. The van der Waals surface area contributed by atoms with Gasteiger partial charge in [0.1, 0.15) is 4.88 Å². The molecule has 0 spiro atoms. The smallest absolute Gasteiger partial charge is 0.263 e. The summed E-state index contributed by atoms with van der Waals surface area (Å²) in [6, 6.07) is 2.47. The van der Waals surface area contributed by atoms with Gasteiger partial charge in [0.05, 0.1) is 10.7 Å². The molecule has 0 atom stereocenters. The number of hydrogen-bond acceptors (Lipinski definition) is 4. The fourth-order valence-electron chi connectivity index (χ4n) is 2.59. The lowest BCUT2D eigenvalue weighted by Gasteiger charge is -2.17. The molecule has 1 aromatic rings. The maximum Gasteiger partial charge on any atom is 0.263 e. The predicted octanol–water partition coefficient (Wildman–Crippen LogP) is 2.85. The zero-order valence-electron chi connectivity index (χ0n) is 11.5. The molecule has 2 fully saturated rings. The quantitative estimate of drug-likeness (QED) is 0.677. The van der Waals surface area contributed by atoms with Gasteiger partial charge in [0, 0.05) is 12.6 Å². The highest BCUT2D eigenvalue weighted by atomic mass is 32.1. The molecule has 5 heteroatoms. The Kier molecular flexibility index (Phi) is 3.70. The highest BCUT2D eigenvalue weighted by molar-refractivity contribution is 7.18. The molecule has 0 aromatic carbocycles. The van der Waals surface area contributed by atoms with E-state index in [0.717, 1.165) is 16.8 Å². The molecule has 1 aromatic heterocycles. The Bertz CT molecular complexity index is 505. The summed E-state index contributed by atoms with van der Waals surface area (Å²) in [5.74, 6) is 1.53. The van der Waals surface area contributed by atoms with Crippen LogP contribution in [0, 0.1) is 11.8 Å². The summed E-state index contributed by atoms with van der Waals surface area (Å²) in [5.41, 5.74) is 6.52. The van der Waals surface area contributed by atoms with Gasteiger partial charge in [-0.25, -0.2) is 0 Å². The van der Waals surface area contributed by atoms with E-state index in [9.17, 15) is 4.79 Å². The monoisotopic (exact) mass is 291 g/mol. The maximum atomic E-state index is 12.0. The van der Waals surface area contributed by atoms with E-state index in [4.69, 9.17) is 5.73 Å². The number of rotatable bonds is 7. The molecule has 0 saturated heterocycles. The number of amides is 1. The van der Waals surface area contributed by atoms with Gasteiger partial charge >= 0.3 is 0 Å². The van der Waals surface area contributed by atoms with Crippen LogP contribution < -0.4 is 16.4 Å². The first-order valence-electron chi connectivity index (χ1n) is 7.24. The molecule has 4 N–H and O–H groups in total. The van der Waals surface area contributed by atoms with Gasteiger partial charge in [-0.1, -0.05) is 6.08 Å². The number of thiophene rings is 1. The lowest BCUT2D eigenvalue weighted by molar-refractivity contribution is 0.0963. The molecular weight excluding hydrogens is 270 g/mol. The number of carbonyl (C=O) groups excluding carboxylic acids is 1. The van der Waals surface area contributed by atoms with Crippen molar-refractivity contribution in [1.82, 2.24) is 5.32 Å². The molecule has 1 amide bonds. The van der Waals surface area contributed by atoms with Crippen molar-refractivity contribution in [3.63, 3.8) is 0 Å². The molecule has 108 valence electrons. The number of carbonyl (C=O) groups is 1. The molecule has 2 saturated carbocycles. The zero-order valence-corrected chi connectivity index (χ0v) is 12.3. The highest BCUT2D eigenvalue weighted by Crippen LogP contribution is 2.46. The average Bonchev–Trinajstić information content (AvgIpc) is 3.32. The van der Waals surface area contributed by atoms with Crippen LogP contribution in [0.4, 0.5) is 10.7 Å². The van der Waals surface area contributed by atoms with Gasteiger partial charge in [0.2, 0.25) is 0 Å². The average molecular weight is 291 g/mol. The summed E-state index contributed by atoms with van der Waals surface area (Å²) in [5, 5.41) is 7.41. The van der Waals surface area contributed by atoms with Crippen LogP contribution in [0.5, 0.6) is 0 Å². The normalized spacial score (nSPS) is 18.1. The molecule has 1 heterocycles. The van der Waals surface area contributed by atoms with E-state index < -0.39 is 0 Å². The number of anilines is 2. The highest BCUT2D eigenvalue weighted by Gasteiger charge is 2.41. The van der Waals surface area contributed by atoms with Crippen LogP contribution in [0.25, 0.3) is 0 Å². The molecule has 3 rings (SSSR count). The number of hydrogen-bond donors (Lipinski definition) is 3. The van der Waals surface area contributed by atoms with Crippen LogP contribution in [0.15, 0.2) is 18.7 Å². The van der Waals surface area contributed by atoms with E-state index >= 15 is 0 Å². The fourth-order valence-corrected chi connectivity index (χ4v) is 3.54. The minimum atomic E-state index is -0.116. The third kappa shape index (κ3) is 2.98. The van der Waals surface area contributed by atoms with Crippen LogP contribution in [0.3, 0.4) is 0 Å². The van der Waals surface area contributed by atoms with E-state index in [1.165, 1.54) is 37.0 Å². The number of nitrogens with one attached hydrogen (secondary N) is 2. The first-order valence-corrected chi connectivity index (χ1v) is 8.05. The minimum Gasteiger partial charge on any atom is -0.397 e. The molecule has 2 aliphatic carbocycles. The Labute approximate surface area is 123 Å². The van der Waals surface area contributed by atoms with Crippen LogP contribution >= 0.6 is 11.3 Å². The molecule has 0 unspecified atom stereocenters. The van der Waals surface area contributed by atoms with E-state index in [2.05, 4.69) is 17.2 Å². The van der Waals surface area contributed by atoms with E-state index in [1.807, 2.05) is 6.07 Å². The predicted molar refractivity (Wildman–Crippen MR) is 84.1 cm³/mol. The standard InChI is InChI=1S/C15H21N3OS/c1-2-7-17-15(19)14-11(16)8-12(20-14)18-13(9-3-4-9)10-5-6-10/h2,8-10,13,18H,1,3-7,16H2,(H,17,19). The summed E-state index contributed by atoms with van der Waals surface area (Å²) in [6.45, 7) is 4.06. The lowest BCUT2D eigenvalue weighted by Crippen LogP contribution is -2.23. The minimum absolute atomic E-state index is 0.116.